The molecule has 0 aliphatic heterocycles. The molecule has 0 fully saturated rings. The predicted octanol–water partition coefficient (Wildman–Crippen LogP) is 13.4. The molecule has 12 heteroatoms. The molecule has 9 nitrogen and oxygen atoms in total. The molecule has 0 N–H and O–H groups in total. The van der Waals surface area contributed by atoms with Gasteiger partial charge in [0.1, 0.15) is 0 Å². The van der Waals surface area contributed by atoms with Crippen LogP contribution in [0.4, 0.5) is 0 Å². The fraction of sp³-hybridized carbons (Fsp3) is 0.545. The summed E-state index contributed by atoms with van der Waals surface area (Å²) in [6.45, 7) is 6.23. The molecule has 0 radical (unpaired) electrons. The Balaban J connectivity index is 1.00. The first kappa shape index (κ1) is 46.5. The summed E-state index contributed by atoms with van der Waals surface area (Å²) in [6.07, 6.45) is 11.9. The summed E-state index contributed by atoms with van der Waals surface area (Å²) in [5, 5.41) is 4.98. The Bertz CT molecular complexity index is 1690. The van der Waals surface area contributed by atoms with Crippen LogP contribution in [-0.2, 0) is 53.7 Å². The second kappa shape index (κ2) is 26.8. The monoisotopic (exact) mass is 830 g/mol. The lowest BCUT2D eigenvalue weighted by molar-refractivity contribution is 0.199. The van der Waals surface area contributed by atoms with Crippen molar-refractivity contribution in [3.63, 3.8) is 0 Å². The van der Waals surface area contributed by atoms with Gasteiger partial charge in [-0.05, 0) is 110 Å². The lowest BCUT2D eigenvalue weighted by Crippen LogP contribution is -2.04. The van der Waals surface area contributed by atoms with E-state index in [-0.39, 0.29) is 0 Å². The van der Waals surface area contributed by atoms with E-state index in [4.69, 9.17) is 27.1 Å². The van der Waals surface area contributed by atoms with E-state index in [1.807, 2.05) is 13.8 Å². The molecule has 0 aliphatic carbocycles. The summed E-state index contributed by atoms with van der Waals surface area (Å²) in [6, 6.07) is 29.9. The molecule has 2 unspecified atom stereocenters. The molecule has 2 atom stereocenters. The lowest BCUT2D eigenvalue weighted by atomic mass is 10.0. The predicted molar refractivity (Wildman–Crippen MR) is 232 cm³/mol. The molecule has 0 aromatic heterocycles. The summed E-state index contributed by atoms with van der Waals surface area (Å²) in [5.41, 5.74) is 2.59. The van der Waals surface area contributed by atoms with Gasteiger partial charge >= 0.3 is 23.4 Å². The number of hydrogen-bond donors (Lipinski definition) is 0. The minimum absolute atomic E-state index is 0.311. The summed E-state index contributed by atoms with van der Waals surface area (Å²) < 4.78 is 72.9. The van der Waals surface area contributed by atoms with Crippen LogP contribution in [-0.4, -0.2) is 52.0 Å². The zero-order valence-corrected chi connectivity index (χ0v) is 36.5. The highest BCUT2D eigenvalue weighted by Crippen LogP contribution is 2.50. The molecule has 310 valence electrons. The first-order chi connectivity index (χ1) is 27.3. The number of aryl methyl sites for hydroxylation is 2. The average Bonchev–Trinajstić information content (AvgIpc) is 3.21. The number of hydrogen-bond acceptors (Lipinski definition) is 9. The van der Waals surface area contributed by atoms with Gasteiger partial charge in [-0.3, -0.25) is 13.7 Å². The van der Waals surface area contributed by atoms with E-state index in [2.05, 4.69) is 84.9 Å². The van der Waals surface area contributed by atoms with E-state index in [0.29, 0.717) is 77.6 Å². The number of rotatable bonds is 32. The lowest BCUT2D eigenvalue weighted by Gasteiger charge is -2.18. The van der Waals surface area contributed by atoms with Crippen molar-refractivity contribution in [2.24, 2.45) is 0 Å². The Morgan fingerprint density at radius 2 is 0.839 bits per heavy atom. The van der Waals surface area contributed by atoms with E-state index in [9.17, 15) is 13.7 Å². The maximum Gasteiger partial charge on any atom is 0.330 e. The molecule has 4 aromatic carbocycles. The topological polar surface area (TPSA) is 107 Å². The molecular formula is C44H65O9P3. The van der Waals surface area contributed by atoms with Crippen molar-refractivity contribution in [1.82, 2.24) is 0 Å². The second-order valence-corrected chi connectivity index (χ2v) is 19.8. The first-order valence-corrected chi connectivity index (χ1v) is 25.5. The van der Waals surface area contributed by atoms with Crippen LogP contribution in [0, 0.1) is 0 Å². The maximum absolute atomic E-state index is 13.4. The van der Waals surface area contributed by atoms with Gasteiger partial charge in [0.2, 0.25) is 0 Å². The van der Waals surface area contributed by atoms with Crippen LogP contribution >= 0.6 is 23.4 Å². The fourth-order valence-corrected chi connectivity index (χ4v) is 10.7. The highest BCUT2D eigenvalue weighted by Gasteiger charge is 2.24. The van der Waals surface area contributed by atoms with E-state index in [1.54, 1.807) is 0 Å². The fourth-order valence-electron chi connectivity index (χ4n) is 6.37. The van der Waals surface area contributed by atoms with Crippen LogP contribution in [0.25, 0.3) is 21.5 Å². The molecule has 56 heavy (non-hydrogen) atoms. The quantitative estimate of drug-likeness (QED) is 0.0351. The van der Waals surface area contributed by atoms with E-state index in [1.165, 1.54) is 32.7 Å². The summed E-state index contributed by atoms with van der Waals surface area (Å²) >= 11 is 0. The van der Waals surface area contributed by atoms with Gasteiger partial charge < -0.3 is 27.1 Å². The third kappa shape index (κ3) is 18.2. The second-order valence-electron chi connectivity index (χ2n) is 14.3. The maximum atomic E-state index is 13.4. The largest absolute Gasteiger partial charge is 0.330 e. The van der Waals surface area contributed by atoms with E-state index < -0.39 is 23.4 Å². The van der Waals surface area contributed by atoms with Crippen LogP contribution in [0.2, 0.25) is 0 Å². The molecule has 0 bridgehead atoms. The Morgan fingerprint density at radius 1 is 0.446 bits per heavy atom. The molecule has 0 heterocycles. The highest BCUT2D eigenvalue weighted by atomic mass is 31.2. The number of fused-ring (bicyclic) bond motifs is 2. The van der Waals surface area contributed by atoms with Crippen molar-refractivity contribution in [3.8, 4) is 0 Å². The van der Waals surface area contributed by atoms with Gasteiger partial charge in [-0.1, -0.05) is 112 Å². The van der Waals surface area contributed by atoms with Crippen LogP contribution in [0.15, 0.2) is 84.9 Å². The van der Waals surface area contributed by atoms with Crippen molar-refractivity contribution >= 4 is 45.0 Å². The Hall–Kier alpha value is -2.15. The minimum atomic E-state index is -3.17. The summed E-state index contributed by atoms with van der Waals surface area (Å²) in [5.74, 6) is 0. The molecule has 0 aliphatic rings. The average molecular weight is 831 g/mol. The molecular weight excluding hydrogens is 765 g/mol. The van der Waals surface area contributed by atoms with Crippen LogP contribution in [0.1, 0.15) is 102 Å². The normalized spacial score (nSPS) is 14.5. The van der Waals surface area contributed by atoms with Gasteiger partial charge in [-0.25, -0.2) is 0 Å². The number of benzene rings is 4. The summed E-state index contributed by atoms with van der Waals surface area (Å²) in [7, 11) is -8.94. The molecule has 0 saturated carbocycles. The van der Waals surface area contributed by atoms with Gasteiger partial charge in [0.15, 0.2) is 0 Å². The van der Waals surface area contributed by atoms with Crippen LogP contribution in [0.5, 0.6) is 0 Å². The van der Waals surface area contributed by atoms with E-state index >= 15 is 0 Å². The van der Waals surface area contributed by atoms with Gasteiger partial charge in [0, 0.05) is 0 Å². The molecule has 4 rings (SSSR count). The minimum Gasteiger partial charge on any atom is -0.311 e. The zero-order chi connectivity index (χ0) is 39.7. The van der Waals surface area contributed by atoms with Gasteiger partial charge in [-0.2, -0.15) is 0 Å². The van der Waals surface area contributed by atoms with Crippen molar-refractivity contribution in [2.75, 3.05) is 52.0 Å². The van der Waals surface area contributed by atoms with Gasteiger partial charge in [-0.15, -0.1) is 0 Å². The molecule has 4 aromatic rings. The SMILES string of the molecule is CCCOP(=O)(CCCCCO[PH](=O)OCCCCCP(=O)(OCCC)OCCCCc1ccc2ccccc2c1)OCCCCc1ccc2ccccc2c1. The standard InChI is InChI=1S/C44H65O9P3/c1-3-29-50-55(46,52-33-15-11-19-39-25-27-41-21-7-9-23-43(41)37-39)35-17-5-13-31-48-54(45)49-32-14-6-18-36-56(47,51-30-4-2)53-34-16-12-20-40-26-28-42-22-8-10-24-44(42)38-40/h7-10,21-28,37-38,54H,3-6,11-20,29-36H2,1-2H3. The van der Waals surface area contributed by atoms with Crippen LogP contribution in [0.3, 0.4) is 0 Å². The Morgan fingerprint density at radius 3 is 1.27 bits per heavy atom. The van der Waals surface area contributed by atoms with Crippen molar-refractivity contribution in [1.29, 1.82) is 0 Å². The van der Waals surface area contributed by atoms with Crippen molar-refractivity contribution < 1.29 is 40.8 Å². The smallest absolute Gasteiger partial charge is 0.311 e. The molecule has 0 saturated heterocycles. The van der Waals surface area contributed by atoms with E-state index in [0.717, 1.165) is 64.2 Å². The zero-order valence-electron chi connectivity index (χ0n) is 33.7. The number of unbranched alkanes of at least 4 members (excludes halogenated alkanes) is 6. The van der Waals surface area contributed by atoms with Gasteiger partial charge in [0.05, 0.1) is 52.0 Å². The molecule has 0 spiro atoms. The van der Waals surface area contributed by atoms with Gasteiger partial charge in [0.25, 0.3) is 0 Å². The summed E-state index contributed by atoms with van der Waals surface area (Å²) in [4.78, 5) is 0. The third-order valence-electron chi connectivity index (χ3n) is 9.50. The molecule has 0 amide bonds. The highest BCUT2D eigenvalue weighted by molar-refractivity contribution is 7.54. The van der Waals surface area contributed by atoms with Crippen LogP contribution < -0.4 is 0 Å². The first-order valence-electron chi connectivity index (χ1n) is 20.8. The Kier molecular flexibility index (Phi) is 22.2. The Labute approximate surface area is 336 Å². The van der Waals surface area contributed by atoms with Crippen molar-refractivity contribution in [3.05, 3.63) is 96.1 Å². The van der Waals surface area contributed by atoms with Crippen molar-refractivity contribution in [2.45, 2.75) is 104 Å². The third-order valence-corrected chi connectivity index (χ3v) is 14.4.